The number of rotatable bonds is 4. The first-order chi connectivity index (χ1) is 11.5. The van der Waals surface area contributed by atoms with Crippen LogP contribution < -0.4 is 5.32 Å². The summed E-state index contributed by atoms with van der Waals surface area (Å²) in [4.78, 5) is 25.0. The molecule has 4 nitrogen and oxygen atoms in total. The highest BCUT2D eigenvalue weighted by molar-refractivity contribution is 6.17. The van der Waals surface area contributed by atoms with Gasteiger partial charge in [-0.15, -0.1) is 0 Å². The minimum Gasteiger partial charge on any atom is -0.450 e. The van der Waals surface area contributed by atoms with Gasteiger partial charge in [-0.2, -0.15) is 0 Å². The number of hydrogen-bond acceptors (Lipinski definition) is 3. The smallest absolute Gasteiger partial charge is 0.230 e. The quantitative estimate of drug-likeness (QED) is 0.716. The van der Waals surface area contributed by atoms with Crippen LogP contribution in [0, 0.1) is 12.8 Å². The molecule has 0 aliphatic heterocycles. The molecular weight excluding hydrogens is 302 g/mol. The minimum absolute atomic E-state index is 0.153. The van der Waals surface area contributed by atoms with E-state index < -0.39 is 0 Å². The fraction of sp³-hybridized carbons (Fsp3) is 0.200. The Hall–Kier alpha value is -2.88. The van der Waals surface area contributed by atoms with Crippen molar-refractivity contribution >= 4 is 28.3 Å². The number of benzene rings is 2. The first-order valence-corrected chi connectivity index (χ1v) is 7.91. The number of carbonyl (C=O) groups excluding carboxylic acids is 2. The van der Waals surface area contributed by atoms with Gasteiger partial charge in [-0.25, -0.2) is 0 Å². The van der Waals surface area contributed by atoms with Crippen molar-refractivity contribution < 1.29 is 14.0 Å². The molecule has 2 aromatic carbocycles. The number of ketones is 1. The molecule has 0 atom stereocenters. The number of amides is 1. The molecule has 0 saturated carbocycles. The summed E-state index contributed by atoms with van der Waals surface area (Å²) in [5.41, 5.74) is 2.62. The molecule has 1 heterocycles. The Morgan fingerprint density at radius 1 is 1.00 bits per heavy atom. The summed E-state index contributed by atoms with van der Waals surface area (Å²) in [6.45, 7) is 5.57. The Kier molecular flexibility index (Phi) is 4.21. The second-order valence-electron chi connectivity index (χ2n) is 6.14. The zero-order valence-corrected chi connectivity index (χ0v) is 13.9. The van der Waals surface area contributed by atoms with Gasteiger partial charge in [-0.3, -0.25) is 9.59 Å². The van der Waals surface area contributed by atoms with E-state index in [0.717, 1.165) is 10.9 Å². The van der Waals surface area contributed by atoms with Crippen LogP contribution in [0.3, 0.4) is 0 Å². The highest BCUT2D eigenvalue weighted by Crippen LogP contribution is 2.32. The Morgan fingerprint density at radius 2 is 1.67 bits per heavy atom. The van der Waals surface area contributed by atoms with E-state index in [1.807, 2.05) is 37.3 Å². The van der Waals surface area contributed by atoms with Crippen LogP contribution in [0.25, 0.3) is 11.0 Å². The molecule has 0 fully saturated rings. The van der Waals surface area contributed by atoms with Crippen molar-refractivity contribution in [3.05, 3.63) is 65.4 Å². The zero-order chi connectivity index (χ0) is 17.3. The fourth-order valence-corrected chi connectivity index (χ4v) is 2.43. The largest absolute Gasteiger partial charge is 0.450 e. The topological polar surface area (TPSA) is 59.3 Å². The standard InChI is InChI=1S/C20H19NO3/c1-12(2)20(23)21-17-15-6-4-5-7-16(15)24-19(17)18(22)14-10-8-13(3)9-11-14/h4-12H,1-3H3,(H,21,23). The molecule has 4 heteroatoms. The number of para-hydroxylation sites is 1. The number of carbonyl (C=O) groups is 2. The molecule has 0 aliphatic carbocycles. The SMILES string of the molecule is Cc1ccc(C(=O)c2oc3ccccc3c2NC(=O)C(C)C)cc1. The van der Waals surface area contributed by atoms with Gasteiger partial charge >= 0.3 is 0 Å². The average molecular weight is 321 g/mol. The van der Waals surface area contributed by atoms with E-state index in [4.69, 9.17) is 4.42 Å². The number of anilines is 1. The summed E-state index contributed by atoms with van der Waals surface area (Å²) in [7, 11) is 0. The molecule has 3 aromatic rings. The van der Waals surface area contributed by atoms with E-state index in [9.17, 15) is 9.59 Å². The summed E-state index contributed by atoms with van der Waals surface area (Å²) in [6.07, 6.45) is 0. The molecule has 1 N–H and O–H groups in total. The maximum Gasteiger partial charge on any atom is 0.230 e. The van der Waals surface area contributed by atoms with Crippen molar-refractivity contribution in [3.63, 3.8) is 0 Å². The highest BCUT2D eigenvalue weighted by Gasteiger charge is 2.23. The third-order valence-corrected chi connectivity index (χ3v) is 3.89. The van der Waals surface area contributed by atoms with Crippen molar-refractivity contribution in [3.8, 4) is 0 Å². The van der Waals surface area contributed by atoms with Gasteiger partial charge in [0.1, 0.15) is 5.58 Å². The molecule has 0 spiro atoms. The fourth-order valence-electron chi connectivity index (χ4n) is 2.43. The molecule has 3 rings (SSSR count). The average Bonchev–Trinajstić information content (AvgIpc) is 2.93. The van der Waals surface area contributed by atoms with Crippen molar-refractivity contribution in [1.29, 1.82) is 0 Å². The molecular formula is C20H19NO3. The van der Waals surface area contributed by atoms with Gasteiger partial charge in [0.15, 0.2) is 5.76 Å². The second kappa shape index (κ2) is 6.32. The lowest BCUT2D eigenvalue weighted by molar-refractivity contribution is -0.118. The van der Waals surface area contributed by atoms with Crippen LogP contribution >= 0.6 is 0 Å². The maximum absolute atomic E-state index is 12.9. The van der Waals surface area contributed by atoms with E-state index in [1.165, 1.54) is 0 Å². The molecule has 0 aliphatic rings. The van der Waals surface area contributed by atoms with Gasteiger partial charge < -0.3 is 9.73 Å². The third kappa shape index (κ3) is 2.95. The summed E-state index contributed by atoms with van der Waals surface area (Å²) in [5, 5.41) is 3.57. The van der Waals surface area contributed by atoms with Crippen molar-refractivity contribution in [1.82, 2.24) is 0 Å². The van der Waals surface area contributed by atoms with Crippen molar-refractivity contribution in [2.45, 2.75) is 20.8 Å². The lowest BCUT2D eigenvalue weighted by Crippen LogP contribution is -2.19. The molecule has 24 heavy (non-hydrogen) atoms. The summed E-state index contributed by atoms with van der Waals surface area (Å²) in [5.74, 6) is -0.431. The Bertz CT molecular complexity index is 904. The van der Waals surface area contributed by atoms with E-state index in [2.05, 4.69) is 5.32 Å². The summed E-state index contributed by atoms with van der Waals surface area (Å²) < 4.78 is 5.76. The van der Waals surface area contributed by atoms with Crippen molar-refractivity contribution in [2.75, 3.05) is 5.32 Å². The van der Waals surface area contributed by atoms with Gasteiger partial charge in [0.05, 0.1) is 5.69 Å². The summed E-state index contributed by atoms with van der Waals surface area (Å²) in [6, 6.07) is 14.6. The third-order valence-electron chi connectivity index (χ3n) is 3.89. The van der Waals surface area contributed by atoms with E-state index in [-0.39, 0.29) is 23.4 Å². The predicted octanol–water partition coefficient (Wildman–Crippen LogP) is 4.57. The minimum atomic E-state index is -0.245. The molecule has 1 amide bonds. The normalized spacial score (nSPS) is 11.0. The molecule has 0 saturated heterocycles. The molecule has 1 aromatic heterocycles. The number of furan rings is 1. The van der Waals surface area contributed by atoms with Crippen LogP contribution in [0.1, 0.15) is 35.5 Å². The van der Waals surface area contributed by atoms with Crippen LogP contribution in [-0.2, 0) is 4.79 Å². The molecule has 0 unspecified atom stereocenters. The molecule has 0 bridgehead atoms. The van der Waals surface area contributed by atoms with Crippen LogP contribution in [0.5, 0.6) is 0 Å². The Balaban J connectivity index is 2.10. The van der Waals surface area contributed by atoms with E-state index in [1.54, 1.807) is 32.0 Å². The summed E-state index contributed by atoms with van der Waals surface area (Å²) >= 11 is 0. The van der Waals surface area contributed by atoms with Gasteiger partial charge in [-0.05, 0) is 19.1 Å². The van der Waals surface area contributed by atoms with Crippen molar-refractivity contribution in [2.24, 2.45) is 5.92 Å². The Morgan fingerprint density at radius 3 is 2.33 bits per heavy atom. The van der Waals surface area contributed by atoms with E-state index >= 15 is 0 Å². The molecule has 122 valence electrons. The van der Waals surface area contributed by atoms with Gasteiger partial charge in [-0.1, -0.05) is 55.8 Å². The number of nitrogens with one attached hydrogen (secondary N) is 1. The number of aryl methyl sites for hydroxylation is 1. The predicted molar refractivity (Wildman–Crippen MR) is 94.3 cm³/mol. The highest BCUT2D eigenvalue weighted by atomic mass is 16.3. The number of fused-ring (bicyclic) bond motifs is 1. The monoisotopic (exact) mass is 321 g/mol. The first-order valence-electron chi connectivity index (χ1n) is 7.91. The van der Waals surface area contributed by atoms with Crippen LogP contribution in [-0.4, -0.2) is 11.7 Å². The maximum atomic E-state index is 12.9. The van der Waals surface area contributed by atoms with Crippen LogP contribution in [0.2, 0.25) is 0 Å². The van der Waals surface area contributed by atoms with Gasteiger partial charge in [0.25, 0.3) is 0 Å². The lowest BCUT2D eigenvalue weighted by atomic mass is 10.1. The van der Waals surface area contributed by atoms with Gasteiger partial charge in [0, 0.05) is 16.9 Å². The van der Waals surface area contributed by atoms with E-state index in [0.29, 0.717) is 16.8 Å². The van der Waals surface area contributed by atoms with Gasteiger partial charge in [0.2, 0.25) is 11.7 Å². The first kappa shape index (κ1) is 16.0. The second-order valence-corrected chi connectivity index (χ2v) is 6.14. The lowest BCUT2D eigenvalue weighted by Gasteiger charge is -2.08. The zero-order valence-electron chi connectivity index (χ0n) is 13.9. The number of hydrogen-bond donors (Lipinski definition) is 1. The Labute approximate surface area is 140 Å². The molecule has 0 radical (unpaired) electrons. The van der Waals surface area contributed by atoms with Crippen LogP contribution in [0.4, 0.5) is 5.69 Å². The van der Waals surface area contributed by atoms with Crippen LogP contribution in [0.15, 0.2) is 52.9 Å².